The van der Waals surface area contributed by atoms with Gasteiger partial charge in [-0.2, -0.15) is 0 Å². The molecule has 1 aromatic carbocycles. The number of amides is 1. The van der Waals surface area contributed by atoms with Crippen LogP contribution in [-0.2, 0) is 17.3 Å². The fraction of sp³-hybridized carbons (Fsp3) is 0.600. The van der Waals surface area contributed by atoms with Crippen molar-refractivity contribution < 1.29 is 9.00 Å². The summed E-state index contributed by atoms with van der Waals surface area (Å²) in [5.41, 5.74) is 1.77. The number of halogens is 1. The number of guanidine groups is 1. The normalized spacial score (nSPS) is 20.6. The molecule has 0 spiro atoms. The van der Waals surface area contributed by atoms with Crippen molar-refractivity contribution >= 4 is 46.6 Å². The molecule has 6 nitrogen and oxygen atoms in total. The molecule has 1 saturated carbocycles. The van der Waals surface area contributed by atoms with Crippen LogP contribution in [0.3, 0.4) is 0 Å². The molecule has 158 valence electrons. The van der Waals surface area contributed by atoms with E-state index in [0.29, 0.717) is 23.4 Å². The molecule has 0 saturated heterocycles. The van der Waals surface area contributed by atoms with Gasteiger partial charge in [-0.05, 0) is 37.0 Å². The van der Waals surface area contributed by atoms with Gasteiger partial charge in [0.05, 0.1) is 0 Å². The highest BCUT2D eigenvalue weighted by atomic mass is 127. The first-order valence-electron chi connectivity index (χ1n) is 9.59. The zero-order chi connectivity index (χ0) is 19.8. The van der Waals surface area contributed by atoms with Crippen LogP contribution in [0.5, 0.6) is 0 Å². The van der Waals surface area contributed by atoms with Gasteiger partial charge in [-0.3, -0.25) is 14.0 Å². The van der Waals surface area contributed by atoms with E-state index in [1.165, 1.54) is 0 Å². The van der Waals surface area contributed by atoms with Gasteiger partial charge in [-0.1, -0.05) is 25.5 Å². The van der Waals surface area contributed by atoms with E-state index < -0.39 is 10.8 Å². The Bertz CT molecular complexity index is 679. The summed E-state index contributed by atoms with van der Waals surface area (Å²) < 4.78 is 12.1. The Hall–Kier alpha value is -1.16. The Morgan fingerprint density at radius 1 is 1.25 bits per heavy atom. The first-order chi connectivity index (χ1) is 12.9. The first kappa shape index (κ1) is 24.9. The first-order valence-corrected chi connectivity index (χ1v) is 11.0. The topological polar surface area (TPSA) is 73.8 Å². The second-order valence-electron chi connectivity index (χ2n) is 7.12. The third-order valence-electron chi connectivity index (χ3n) is 4.91. The summed E-state index contributed by atoms with van der Waals surface area (Å²) in [6, 6.07) is 7.92. The van der Waals surface area contributed by atoms with Crippen LogP contribution in [0.4, 0.5) is 0 Å². The molecule has 8 heteroatoms. The minimum Gasteiger partial charge on any atom is -0.354 e. The minimum absolute atomic E-state index is 0. The van der Waals surface area contributed by atoms with Crippen LogP contribution in [0.1, 0.15) is 48.5 Å². The molecule has 0 bridgehead atoms. The predicted molar refractivity (Wildman–Crippen MR) is 128 cm³/mol. The second-order valence-corrected chi connectivity index (χ2v) is 9.13. The van der Waals surface area contributed by atoms with Crippen molar-refractivity contribution in [3.8, 4) is 0 Å². The molecule has 1 aromatic rings. The molecular weight excluding hydrogens is 487 g/mol. The Morgan fingerprint density at radius 3 is 2.50 bits per heavy atom. The number of nitrogens with zero attached hydrogens (tertiary/aromatic N) is 2. The van der Waals surface area contributed by atoms with E-state index in [9.17, 15) is 9.00 Å². The van der Waals surface area contributed by atoms with Crippen LogP contribution in [0.15, 0.2) is 29.3 Å². The van der Waals surface area contributed by atoms with E-state index in [-0.39, 0.29) is 29.9 Å². The number of hydrogen-bond donors (Lipinski definition) is 2. The molecule has 1 aliphatic carbocycles. The van der Waals surface area contributed by atoms with Gasteiger partial charge >= 0.3 is 0 Å². The van der Waals surface area contributed by atoms with Crippen molar-refractivity contribution in [2.24, 2.45) is 4.99 Å². The van der Waals surface area contributed by atoms with Crippen LogP contribution >= 0.6 is 24.0 Å². The average molecular weight is 520 g/mol. The van der Waals surface area contributed by atoms with Crippen LogP contribution in [-0.4, -0.2) is 59.2 Å². The summed E-state index contributed by atoms with van der Waals surface area (Å²) in [7, 11) is 4.54. The second kappa shape index (κ2) is 12.4. The van der Waals surface area contributed by atoms with Gasteiger partial charge in [0.25, 0.3) is 5.91 Å². The highest BCUT2D eigenvalue weighted by molar-refractivity contribution is 14.0. The van der Waals surface area contributed by atoms with Gasteiger partial charge in [-0.25, -0.2) is 0 Å². The molecule has 1 aliphatic rings. The van der Waals surface area contributed by atoms with Crippen LogP contribution < -0.4 is 10.6 Å². The Kier molecular flexibility index (Phi) is 11.0. The third-order valence-corrected chi connectivity index (χ3v) is 6.65. The fourth-order valence-electron chi connectivity index (χ4n) is 3.35. The standard InChI is InChI=1S/C20H32N4O2S.HI/c1-5-27(26)18-8-6-7-17(13-18)23-20(21-2)22-14-15-9-11-16(12-10-15)19(25)24(3)4;/h9-12,17-18H,5-8,13-14H2,1-4H3,(H2,21,22,23);1H. The van der Waals surface area contributed by atoms with Crippen molar-refractivity contribution in [2.45, 2.75) is 50.4 Å². The molecule has 1 amide bonds. The van der Waals surface area contributed by atoms with Crippen LogP contribution in [0, 0.1) is 0 Å². The zero-order valence-electron chi connectivity index (χ0n) is 17.2. The predicted octanol–water partition coefficient (Wildman–Crippen LogP) is 2.75. The maximum atomic E-state index is 12.1. The Morgan fingerprint density at radius 2 is 1.93 bits per heavy atom. The Labute approximate surface area is 188 Å². The number of carbonyl (C=O) groups is 1. The van der Waals surface area contributed by atoms with E-state index in [1.807, 2.05) is 31.2 Å². The number of hydrogen-bond acceptors (Lipinski definition) is 3. The molecule has 3 atom stereocenters. The number of rotatable bonds is 6. The fourth-order valence-corrected chi connectivity index (χ4v) is 4.70. The molecule has 0 aromatic heterocycles. The van der Waals surface area contributed by atoms with Gasteiger partial charge in [0.15, 0.2) is 5.96 Å². The summed E-state index contributed by atoms with van der Waals surface area (Å²) in [6.45, 7) is 2.62. The Balaban J connectivity index is 0.00000392. The SMILES string of the molecule is CCS(=O)C1CCCC(NC(=NC)NCc2ccc(C(=O)N(C)C)cc2)C1.I. The zero-order valence-corrected chi connectivity index (χ0v) is 20.4. The van der Waals surface area contributed by atoms with E-state index in [0.717, 1.165) is 43.0 Å². The lowest BCUT2D eigenvalue weighted by molar-refractivity contribution is 0.0827. The molecule has 2 rings (SSSR count). The maximum Gasteiger partial charge on any atom is 0.253 e. The quantitative estimate of drug-likeness (QED) is 0.344. The maximum absolute atomic E-state index is 12.1. The minimum atomic E-state index is -0.725. The van der Waals surface area contributed by atoms with Crippen LogP contribution in [0.2, 0.25) is 0 Å². The highest BCUT2D eigenvalue weighted by Crippen LogP contribution is 2.23. The van der Waals surface area contributed by atoms with E-state index >= 15 is 0 Å². The van der Waals surface area contributed by atoms with E-state index in [2.05, 4.69) is 15.6 Å². The van der Waals surface area contributed by atoms with Crippen molar-refractivity contribution in [3.05, 3.63) is 35.4 Å². The summed E-state index contributed by atoms with van der Waals surface area (Å²) in [6.07, 6.45) is 4.18. The van der Waals surface area contributed by atoms with Gasteiger partial charge in [0.2, 0.25) is 0 Å². The molecule has 0 aliphatic heterocycles. The number of benzene rings is 1. The molecule has 1 fully saturated rings. The monoisotopic (exact) mass is 520 g/mol. The van der Waals surface area contributed by atoms with Gasteiger partial charge in [0.1, 0.15) is 0 Å². The van der Waals surface area contributed by atoms with Gasteiger partial charge in [0, 0.05) is 61.1 Å². The third kappa shape index (κ3) is 7.35. The summed E-state index contributed by atoms with van der Waals surface area (Å²) >= 11 is 0. The van der Waals surface area contributed by atoms with Crippen LogP contribution in [0.25, 0.3) is 0 Å². The van der Waals surface area contributed by atoms with Crippen molar-refractivity contribution in [1.29, 1.82) is 0 Å². The number of nitrogens with one attached hydrogen (secondary N) is 2. The summed E-state index contributed by atoms with van der Waals surface area (Å²) in [5.74, 6) is 1.50. The molecule has 2 N–H and O–H groups in total. The lowest BCUT2D eigenvalue weighted by Gasteiger charge is -2.30. The molecule has 3 unspecified atom stereocenters. The molecule has 0 radical (unpaired) electrons. The molecular formula is C20H33IN4O2S. The van der Waals surface area contributed by atoms with Crippen molar-refractivity contribution in [3.63, 3.8) is 0 Å². The average Bonchev–Trinajstić information content (AvgIpc) is 2.70. The van der Waals surface area contributed by atoms with Crippen molar-refractivity contribution in [2.75, 3.05) is 26.9 Å². The lowest BCUT2D eigenvalue weighted by atomic mass is 9.95. The smallest absolute Gasteiger partial charge is 0.253 e. The van der Waals surface area contributed by atoms with Gasteiger partial charge in [-0.15, -0.1) is 24.0 Å². The lowest BCUT2D eigenvalue weighted by Crippen LogP contribution is -2.46. The summed E-state index contributed by atoms with van der Waals surface area (Å²) in [4.78, 5) is 17.8. The number of aliphatic imine (C=N–C) groups is 1. The molecule has 28 heavy (non-hydrogen) atoms. The highest BCUT2D eigenvalue weighted by Gasteiger charge is 2.26. The van der Waals surface area contributed by atoms with E-state index in [4.69, 9.17) is 0 Å². The van der Waals surface area contributed by atoms with Gasteiger partial charge < -0.3 is 15.5 Å². The summed E-state index contributed by atoms with van der Waals surface area (Å²) in [5, 5.41) is 7.10. The largest absolute Gasteiger partial charge is 0.354 e. The molecule has 0 heterocycles. The van der Waals surface area contributed by atoms with Crippen molar-refractivity contribution in [1.82, 2.24) is 15.5 Å². The van der Waals surface area contributed by atoms with E-state index in [1.54, 1.807) is 26.0 Å². The number of carbonyl (C=O) groups excluding carboxylic acids is 1.